The van der Waals surface area contributed by atoms with Crippen LogP contribution in [0.2, 0.25) is 0 Å². The van der Waals surface area contributed by atoms with Crippen molar-refractivity contribution in [2.45, 2.75) is 51.1 Å². The average Bonchev–Trinajstić information content (AvgIpc) is 3.26. The molecule has 1 amide bonds. The molecule has 0 bridgehead atoms. The van der Waals surface area contributed by atoms with E-state index in [1.165, 1.54) is 0 Å². The Balaban J connectivity index is 1.61. The first-order valence-corrected chi connectivity index (χ1v) is 9.69. The van der Waals surface area contributed by atoms with Gasteiger partial charge in [0.05, 0.1) is 7.11 Å². The fourth-order valence-corrected chi connectivity index (χ4v) is 4.72. The summed E-state index contributed by atoms with van der Waals surface area (Å²) in [5, 5.41) is 0. The highest BCUT2D eigenvalue weighted by Gasteiger charge is 2.50. The van der Waals surface area contributed by atoms with Crippen molar-refractivity contribution < 1.29 is 19.0 Å². The van der Waals surface area contributed by atoms with Gasteiger partial charge in [0.2, 0.25) is 12.7 Å². The highest BCUT2D eigenvalue weighted by Crippen LogP contribution is 2.43. The van der Waals surface area contributed by atoms with E-state index in [-0.39, 0.29) is 12.3 Å². The van der Waals surface area contributed by atoms with E-state index in [1.54, 1.807) is 7.11 Å². The Morgan fingerprint density at radius 3 is 2.62 bits per heavy atom. The number of carbonyl (C=O) groups excluding carboxylic acids is 1. The van der Waals surface area contributed by atoms with Gasteiger partial charge in [-0.3, -0.25) is 9.69 Å². The number of hydrogen-bond donors (Lipinski definition) is 0. The number of nitrogens with zero attached hydrogens (tertiary/aromatic N) is 2. The second-order valence-corrected chi connectivity index (χ2v) is 7.47. The van der Waals surface area contributed by atoms with Crippen LogP contribution in [0.3, 0.4) is 0 Å². The third-order valence-corrected chi connectivity index (χ3v) is 5.96. The highest BCUT2D eigenvalue weighted by molar-refractivity contribution is 5.87. The molecule has 2 fully saturated rings. The lowest BCUT2D eigenvalue weighted by molar-refractivity contribution is -0.147. The van der Waals surface area contributed by atoms with Gasteiger partial charge in [-0.25, -0.2) is 0 Å². The van der Waals surface area contributed by atoms with Gasteiger partial charge < -0.3 is 19.1 Å². The minimum atomic E-state index is -0.338. The zero-order chi connectivity index (χ0) is 18.1. The maximum atomic E-state index is 13.3. The number of hydrogen-bond acceptors (Lipinski definition) is 5. The van der Waals surface area contributed by atoms with Gasteiger partial charge in [-0.1, -0.05) is 6.92 Å². The number of rotatable bonds is 5. The van der Waals surface area contributed by atoms with Crippen LogP contribution in [-0.4, -0.2) is 54.8 Å². The smallest absolute Gasteiger partial charge is 0.243 e. The molecule has 1 aromatic rings. The first-order chi connectivity index (χ1) is 12.7. The van der Waals surface area contributed by atoms with Gasteiger partial charge in [-0.05, 0) is 44.7 Å². The summed E-state index contributed by atoms with van der Waals surface area (Å²) in [6.07, 6.45) is 5.08. The maximum absolute atomic E-state index is 13.3. The van der Waals surface area contributed by atoms with Crippen molar-refractivity contribution in [3.05, 3.63) is 17.7 Å². The van der Waals surface area contributed by atoms with Crippen LogP contribution >= 0.6 is 0 Å². The maximum Gasteiger partial charge on any atom is 0.243 e. The predicted molar refractivity (Wildman–Crippen MR) is 97.6 cm³/mol. The van der Waals surface area contributed by atoms with E-state index in [4.69, 9.17) is 14.2 Å². The number of methoxy groups -OCH3 is 1. The molecule has 1 unspecified atom stereocenters. The molecule has 0 saturated carbocycles. The summed E-state index contributed by atoms with van der Waals surface area (Å²) in [5.41, 5.74) is 0.716. The lowest BCUT2D eigenvalue weighted by Gasteiger charge is -2.44. The number of likely N-dealkylation sites (tertiary alicyclic amines) is 2. The van der Waals surface area contributed by atoms with Crippen molar-refractivity contribution in [2.75, 3.05) is 33.5 Å². The predicted octanol–water partition coefficient (Wildman–Crippen LogP) is 2.79. The molecule has 142 valence electrons. The molecule has 0 N–H and O–H groups in total. The third-order valence-electron chi connectivity index (χ3n) is 5.96. The van der Waals surface area contributed by atoms with Crippen LogP contribution in [0.4, 0.5) is 0 Å². The van der Waals surface area contributed by atoms with Gasteiger partial charge in [0.25, 0.3) is 0 Å². The molecule has 0 aromatic heterocycles. The summed E-state index contributed by atoms with van der Waals surface area (Å²) in [4.78, 5) is 17.7. The van der Waals surface area contributed by atoms with Crippen LogP contribution in [0, 0.1) is 0 Å². The SMILES string of the molecule is CCCN1CCCC2(CCCN2Cc2cc3c(cc2OC)OCO3)C1=O. The minimum Gasteiger partial charge on any atom is -0.496 e. The van der Waals surface area contributed by atoms with Crippen molar-refractivity contribution in [2.24, 2.45) is 0 Å². The number of fused-ring (bicyclic) bond motifs is 1. The van der Waals surface area contributed by atoms with Gasteiger partial charge in [0.1, 0.15) is 11.3 Å². The Kier molecular flexibility index (Phi) is 4.69. The zero-order valence-electron chi connectivity index (χ0n) is 15.8. The van der Waals surface area contributed by atoms with Crippen LogP contribution < -0.4 is 14.2 Å². The van der Waals surface area contributed by atoms with Crippen molar-refractivity contribution >= 4 is 5.91 Å². The minimum absolute atomic E-state index is 0.250. The Bertz CT molecular complexity index is 691. The summed E-state index contributed by atoms with van der Waals surface area (Å²) in [5.74, 6) is 2.61. The van der Waals surface area contributed by atoms with Crippen molar-refractivity contribution in [1.82, 2.24) is 9.80 Å². The molecule has 6 heteroatoms. The van der Waals surface area contributed by atoms with E-state index in [1.807, 2.05) is 12.1 Å². The number of carbonyl (C=O) groups is 1. The lowest BCUT2D eigenvalue weighted by atomic mass is 9.85. The molecule has 1 spiro atoms. The highest BCUT2D eigenvalue weighted by atomic mass is 16.7. The normalized spacial score (nSPS) is 25.3. The van der Waals surface area contributed by atoms with Gasteiger partial charge in [-0.15, -0.1) is 0 Å². The Morgan fingerprint density at radius 1 is 1.15 bits per heavy atom. The van der Waals surface area contributed by atoms with Crippen molar-refractivity contribution in [3.8, 4) is 17.2 Å². The van der Waals surface area contributed by atoms with E-state index in [0.717, 1.165) is 74.6 Å². The van der Waals surface area contributed by atoms with Crippen LogP contribution in [0.5, 0.6) is 17.2 Å². The number of benzene rings is 1. The van der Waals surface area contributed by atoms with E-state index in [9.17, 15) is 4.79 Å². The molecular weight excluding hydrogens is 332 g/mol. The fourth-order valence-electron chi connectivity index (χ4n) is 4.72. The second kappa shape index (κ2) is 6.99. The monoisotopic (exact) mass is 360 g/mol. The first kappa shape index (κ1) is 17.5. The molecular formula is C20H28N2O4. The summed E-state index contributed by atoms with van der Waals surface area (Å²) < 4.78 is 16.6. The van der Waals surface area contributed by atoms with Crippen molar-refractivity contribution in [3.63, 3.8) is 0 Å². The summed E-state index contributed by atoms with van der Waals surface area (Å²) >= 11 is 0. The molecule has 3 heterocycles. The Labute approximate surface area is 155 Å². The Morgan fingerprint density at radius 2 is 1.88 bits per heavy atom. The molecule has 3 aliphatic heterocycles. The molecule has 6 nitrogen and oxygen atoms in total. The third kappa shape index (κ3) is 2.80. The number of amides is 1. The molecule has 3 aliphatic rings. The number of piperidine rings is 1. The second-order valence-electron chi connectivity index (χ2n) is 7.47. The summed E-state index contributed by atoms with van der Waals surface area (Å²) in [6.45, 7) is 5.80. The van der Waals surface area contributed by atoms with Crippen LogP contribution in [-0.2, 0) is 11.3 Å². The molecule has 26 heavy (non-hydrogen) atoms. The molecule has 0 aliphatic carbocycles. The molecule has 1 aromatic carbocycles. The first-order valence-electron chi connectivity index (χ1n) is 9.69. The van der Waals surface area contributed by atoms with Gasteiger partial charge in [-0.2, -0.15) is 0 Å². The van der Waals surface area contributed by atoms with E-state index < -0.39 is 0 Å². The van der Waals surface area contributed by atoms with Crippen LogP contribution in [0.15, 0.2) is 12.1 Å². The molecule has 4 rings (SSSR count). The van der Waals surface area contributed by atoms with Gasteiger partial charge in [0.15, 0.2) is 11.5 Å². The molecule has 2 saturated heterocycles. The van der Waals surface area contributed by atoms with Gasteiger partial charge in [0, 0.05) is 31.3 Å². The summed E-state index contributed by atoms with van der Waals surface area (Å²) in [7, 11) is 1.68. The van der Waals surface area contributed by atoms with Gasteiger partial charge >= 0.3 is 0 Å². The Hall–Kier alpha value is -1.95. The average molecular weight is 360 g/mol. The number of ether oxygens (including phenoxy) is 3. The quantitative estimate of drug-likeness (QED) is 0.808. The zero-order valence-corrected chi connectivity index (χ0v) is 15.8. The standard InChI is InChI=1S/C20H28N2O4/c1-3-8-21-9-4-6-20(19(21)23)7-5-10-22(20)13-15-11-17-18(26-14-25-17)12-16(15)24-2/h11-12H,3-10,13-14H2,1-2H3. The van der Waals surface area contributed by atoms with E-state index >= 15 is 0 Å². The van der Waals surface area contributed by atoms with Crippen molar-refractivity contribution in [1.29, 1.82) is 0 Å². The topological polar surface area (TPSA) is 51.2 Å². The largest absolute Gasteiger partial charge is 0.496 e. The van der Waals surface area contributed by atoms with E-state index in [2.05, 4.69) is 16.7 Å². The molecule has 0 radical (unpaired) electrons. The van der Waals surface area contributed by atoms with Crippen LogP contribution in [0.1, 0.15) is 44.6 Å². The lowest BCUT2D eigenvalue weighted by Crippen LogP contribution is -2.59. The van der Waals surface area contributed by atoms with Crippen LogP contribution in [0.25, 0.3) is 0 Å². The molecule has 1 atom stereocenters. The fraction of sp³-hybridized carbons (Fsp3) is 0.650. The summed E-state index contributed by atoms with van der Waals surface area (Å²) in [6, 6.07) is 3.90. The van der Waals surface area contributed by atoms with E-state index in [0.29, 0.717) is 12.5 Å².